The minimum atomic E-state index is -4.14. The van der Waals surface area contributed by atoms with Crippen LogP contribution in [0.5, 0.6) is 11.5 Å². The van der Waals surface area contributed by atoms with Gasteiger partial charge in [-0.25, -0.2) is 0 Å². The average Bonchev–Trinajstić information content (AvgIpc) is 2.45. The van der Waals surface area contributed by atoms with Gasteiger partial charge in [0, 0.05) is 12.6 Å². The molecule has 0 bridgehead atoms. The molecule has 2 rings (SSSR count). The normalized spacial score (nSPS) is 23.4. The van der Waals surface area contributed by atoms with E-state index in [4.69, 9.17) is 9.47 Å². The molecule has 112 valence electrons. The summed E-state index contributed by atoms with van der Waals surface area (Å²) < 4.78 is 48.6. The van der Waals surface area contributed by atoms with Crippen LogP contribution in [-0.2, 0) is 0 Å². The fourth-order valence-corrected chi connectivity index (χ4v) is 2.61. The summed E-state index contributed by atoms with van der Waals surface area (Å²) in [4.78, 5) is 0. The standard InChI is InChI=1S/C14H18F3NO2/c1-19-11-4-3-5-12(20-2)13(11)10-7-6-9(8-18-10)14(15,16)17/h3-5,9-10,18H,6-8H2,1-2H3. The van der Waals surface area contributed by atoms with Crippen molar-refractivity contribution in [2.24, 2.45) is 5.92 Å². The van der Waals surface area contributed by atoms with E-state index in [0.29, 0.717) is 17.9 Å². The van der Waals surface area contributed by atoms with Crippen molar-refractivity contribution >= 4 is 0 Å². The van der Waals surface area contributed by atoms with Crippen molar-refractivity contribution in [2.75, 3.05) is 20.8 Å². The Bertz CT molecular complexity index is 432. The largest absolute Gasteiger partial charge is 0.496 e. The first kappa shape index (κ1) is 15.0. The Morgan fingerprint density at radius 1 is 1.10 bits per heavy atom. The van der Waals surface area contributed by atoms with Crippen LogP contribution < -0.4 is 14.8 Å². The fourth-order valence-electron chi connectivity index (χ4n) is 2.61. The molecule has 0 aliphatic carbocycles. The molecule has 1 N–H and O–H groups in total. The highest BCUT2D eigenvalue weighted by Gasteiger charge is 2.42. The van der Waals surface area contributed by atoms with E-state index < -0.39 is 12.1 Å². The molecule has 0 amide bonds. The van der Waals surface area contributed by atoms with Gasteiger partial charge in [0.25, 0.3) is 0 Å². The van der Waals surface area contributed by atoms with Gasteiger partial charge in [-0.2, -0.15) is 13.2 Å². The molecule has 0 spiro atoms. The lowest BCUT2D eigenvalue weighted by Crippen LogP contribution is -2.40. The molecule has 1 aromatic rings. The van der Waals surface area contributed by atoms with Gasteiger partial charge in [0.15, 0.2) is 0 Å². The zero-order valence-electron chi connectivity index (χ0n) is 11.5. The van der Waals surface area contributed by atoms with Gasteiger partial charge in [0.1, 0.15) is 11.5 Å². The van der Waals surface area contributed by atoms with Crippen LogP contribution in [0.25, 0.3) is 0 Å². The molecule has 3 nitrogen and oxygen atoms in total. The summed E-state index contributed by atoms with van der Waals surface area (Å²) in [6, 6.07) is 5.19. The van der Waals surface area contributed by atoms with E-state index in [0.717, 1.165) is 5.56 Å². The summed E-state index contributed by atoms with van der Waals surface area (Å²) in [5.41, 5.74) is 0.790. The fraction of sp³-hybridized carbons (Fsp3) is 0.571. The second-order valence-corrected chi connectivity index (χ2v) is 4.85. The minimum absolute atomic E-state index is 0.0740. The summed E-state index contributed by atoms with van der Waals surface area (Å²) in [5.74, 6) is -0.0148. The Morgan fingerprint density at radius 3 is 2.10 bits per heavy atom. The third-order valence-electron chi connectivity index (χ3n) is 3.69. The van der Waals surface area contributed by atoms with E-state index in [-0.39, 0.29) is 19.0 Å². The van der Waals surface area contributed by atoms with E-state index >= 15 is 0 Å². The van der Waals surface area contributed by atoms with Gasteiger partial charge in [0.2, 0.25) is 0 Å². The molecule has 20 heavy (non-hydrogen) atoms. The number of rotatable bonds is 3. The highest BCUT2D eigenvalue weighted by molar-refractivity contribution is 5.47. The van der Waals surface area contributed by atoms with Crippen LogP contribution in [0.3, 0.4) is 0 Å². The van der Waals surface area contributed by atoms with E-state index in [1.807, 2.05) is 0 Å². The van der Waals surface area contributed by atoms with Gasteiger partial charge >= 0.3 is 6.18 Å². The quantitative estimate of drug-likeness (QED) is 0.926. The summed E-state index contributed by atoms with van der Waals surface area (Å²) >= 11 is 0. The first-order chi connectivity index (χ1) is 9.47. The van der Waals surface area contributed by atoms with Crippen LogP contribution in [0.2, 0.25) is 0 Å². The number of hydrogen-bond acceptors (Lipinski definition) is 3. The van der Waals surface area contributed by atoms with Gasteiger partial charge in [0.05, 0.1) is 25.7 Å². The summed E-state index contributed by atoms with van der Waals surface area (Å²) in [5, 5.41) is 2.96. The molecule has 1 saturated heterocycles. The van der Waals surface area contributed by atoms with Crippen molar-refractivity contribution in [1.29, 1.82) is 0 Å². The molecule has 1 aromatic carbocycles. The van der Waals surface area contributed by atoms with E-state index in [1.165, 1.54) is 0 Å². The smallest absolute Gasteiger partial charge is 0.393 e. The highest BCUT2D eigenvalue weighted by Crippen LogP contribution is 2.41. The van der Waals surface area contributed by atoms with Gasteiger partial charge < -0.3 is 14.8 Å². The Labute approximate surface area is 116 Å². The SMILES string of the molecule is COc1cccc(OC)c1C1CCC(C(F)(F)F)CN1. The van der Waals surface area contributed by atoms with Gasteiger partial charge in [-0.05, 0) is 25.0 Å². The maximum absolute atomic E-state index is 12.7. The number of nitrogens with one attached hydrogen (secondary N) is 1. The predicted octanol–water partition coefficient (Wildman–Crippen LogP) is 3.31. The van der Waals surface area contributed by atoms with Crippen molar-refractivity contribution in [3.8, 4) is 11.5 Å². The number of piperidine rings is 1. The van der Waals surface area contributed by atoms with E-state index in [1.54, 1.807) is 32.4 Å². The minimum Gasteiger partial charge on any atom is -0.496 e. The van der Waals surface area contributed by atoms with Crippen molar-refractivity contribution in [1.82, 2.24) is 5.32 Å². The van der Waals surface area contributed by atoms with Gasteiger partial charge in [-0.15, -0.1) is 0 Å². The van der Waals surface area contributed by atoms with Crippen LogP contribution >= 0.6 is 0 Å². The lowest BCUT2D eigenvalue weighted by atomic mass is 9.90. The number of benzene rings is 1. The van der Waals surface area contributed by atoms with E-state index in [9.17, 15) is 13.2 Å². The average molecular weight is 289 g/mol. The van der Waals surface area contributed by atoms with Crippen LogP contribution in [0.1, 0.15) is 24.4 Å². The topological polar surface area (TPSA) is 30.5 Å². The molecule has 0 saturated carbocycles. The van der Waals surface area contributed by atoms with Crippen molar-refractivity contribution in [3.63, 3.8) is 0 Å². The third-order valence-corrected chi connectivity index (χ3v) is 3.69. The molecular weight excluding hydrogens is 271 g/mol. The number of ether oxygens (including phenoxy) is 2. The number of halogens is 3. The van der Waals surface area contributed by atoms with Gasteiger partial charge in [-0.1, -0.05) is 6.07 Å². The molecule has 0 aromatic heterocycles. The van der Waals surface area contributed by atoms with Crippen LogP contribution in [0, 0.1) is 5.92 Å². The van der Waals surface area contributed by atoms with E-state index in [2.05, 4.69) is 5.32 Å². The third kappa shape index (κ3) is 3.00. The Hall–Kier alpha value is -1.43. The summed E-state index contributed by atoms with van der Waals surface area (Å²) in [6.45, 7) is -0.0740. The zero-order chi connectivity index (χ0) is 14.8. The van der Waals surface area contributed by atoms with Crippen LogP contribution in [0.15, 0.2) is 18.2 Å². The molecule has 1 fully saturated rings. The lowest BCUT2D eigenvalue weighted by molar-refractivity contribution is -0.179. The maximum atomic E-state index is 12.7. The van der Waals surface area contributed by atoms with Crippen molar-refractivity contribution in [3.05, 3.63) is 23.8 Å². The molecule has 1 aliphatic rings. The molecular formula is C14H18F3NO2. The molecule has 1 aliphatic heterocycles. The Kier molecular flexibility index (Phi) is 4.42. The monoisotopic (exact) mass is 289 g/mol. The summed E-state index contributed by atoms with van der Waals surface area (Å²) in [7, 11) is 3.08. The zero-order valence-corrected chi connectivity index (χ0v) is 11.5. The van der Waals surface area contributed by atoms with Crippen LogP contribution in [0.4, 0.5) is 13.2 Å². The molecule has 2 atom stereocenters. The number of alkyl halides is 3. The second-order valence-electron chi connectivity index (χ2n) is 4.85. The Morgan fingerprint density at radius 2 is 1.70 bits per heavy atom. The molecule has 6 heteroatoms. The lowest BCUT2D eigenvalue weighted by Gasteiger charge is -2.32. The first-order valence-corrected chi connectivity index (χ1v) is 6.48. The Balaban J connectivity index is 2.18. The molecule has 2 unspecified atom stereocenters. The molecule has 1 heterocycles. The molecule has 0 radical (unpaired) electrons. The number of methoxy groups -OCH3 is 2. The number of hydrogen-bond donors (Lipinski definition) is 1. The predicted molar refractivity (Wildman–Crippen MR) is 69.1 cm³/mol. The van der Waals surface area contributed by atoms with Gasteiger partial charge in [-0.3, -0.25) is 0 Å². The van der Waals surface area contributed by atoms with Crippen molar-refractivity contribution < 1.29 is 22.6 Å². The highest BCUT2D eigenvalue weighted by atomic mass is 19.4. The second kappa shape index (κ2) is 5.91. The van der Waals surface area contributed by atoms with Crippen molar-refractivity contribution in [2.45, 2.75) is 25.1 Å². The van der Waals surface area contributed by atoms with Crippen LogP contribution in [-0.4, -0.2) is 26.9 Å². The first-order valence-electron chi connectivity index (χ1n) is 6.48. The maximum Gasteiger partial charge on any atom is 0.393 e. The summed E-state index contributed by atoms with van der Waals surface area (Å²) in [6.07, 6.45) is -3.62.